The highest BCUT2D eigenvalue weighted by atomic mass is 32.1. The van der Waals surface area contributed by atoms with Gasteiger partial charge in [0.05, 0.1) is 11.2 Å². The Kier molecular flexibility index (Phi) is 6.64. The van der Waals surface area contributed by atoms with Crippen LogP contribution in [0, 0.1) is 0 Å². The van der Waals surface area contributed by atoms with Gasteiger partial charge in [0.2, 0.25) is 0 Å². The van der Waals surface area contributed by atoms with Crippen LogP contribution in [0.15, 0.2) is 170 Å². The Balaban J connectivity index is 1.28. The van der Waals surface area contributed by atoms with Crippen molar-refractivity contribution in [2.24, 2.45) is 0 Å². The summed E-state index contributed by atoms with van der Waals surface area (Å²) in [4.78, 5) is 5.34. The van der Waals surface area contributed by atoms with Gasteiger partial charge in [0, 0.05) is 57.8 Å². The molecule has 0 atom stereocenters. The number of benzene rings is 7. The van der Waals surface area contributed by atoms with Crippen LogP contribution in [-0.2, 0) is 4.57 Å². The summed E-state index contributed by atoms with van der Waals surface area (Å²) in [6.07, 6.45) is 0. The highest BCUT2D eigenvalue weighted by molar-refractivity contribution is 7.85. The van der Waals surface area contributed by atoms with E-state index < -0.39 is 7.14 Å². The maximum atomic E-state index is 15.1. The topological polar surface area (TPSA) is 30.0 Å². The number of hydrogen-bond acceptors (Lipinski definition) is 3. The molecule has 0 aliphatic heterocycles. The van der Waals surface area contributed by atoms with Crippen LogP contribution in [-0.4, -0.2) is 4.98 Å². The molecule has 0 bridgehead atoms. The molecule has 0 saturated heterocycles. The predicted octanol–water partition coefficient (Wildman–Crippen LogP) is 10.7. The van der Waals surface area contributed by atoms with Crippen molar-refractivity contribution >= 4 is 76.2 Å². The van der Waals surface area contributed by atoms with Gasteiger partial charge < -0.3 is 4.57 Å². The lowest BCUT2D eigenvalue weighted by atomic mass is 9.96. The first-order valence-corrected chi connectivity index (χ1v) is 18.3. The van der Waals surface area contributed by atoms with Gasteiger partial charge in [0.15, 0.2) is 7.14 Å². The summed E-state index contributed by atoms with van der Waals surface area (Å²) in [5.74, 6) is 0. The lowest BCUT2D eigenvalue weighted by molar-refractivity contribution is 0.592. The van der Waals surface area contributed by atoms with Crippen molar-refractivity contribution in [2.75, 3.05) is 0 Å². The molecular formula is C43H28NOPS. The second-order valence-electron chi connectivity index (χ2n) is 11.9. The lowest BCUT2D eigenvalue weighted by Gasteiger charge is -2.20. The number of thiophene rings is 1. The summed E-state index contributed by atoms with van der Waals surface area (Å²) in [5.41, 5.74) is 5.08. The van der Waals surface area contributed by atoms with E-state index in [1.807, 2.05) is 90.2 Å². The van der Waals surface area contributed by atoms with Crippen LogP contribution >= 0.6 is 18.5 Å². The molecule has 2 heterocycles. The highest BCUT2D eigenvalue weighted by Crippen LogP contribution is 2.45. The van der Waals surface area contributed by atoms with Gasteiger partial charge in [-0.25, -0.2) is 4.98 Å². The molecule has 2 aromatic heterocycles. The third kappa shape index (κ3) is 4.54. The fourth-order valence-electron chi connectivity index (χ4n) is 6.87. The maximum Gasteiger partial charge on any atom is 0.171 e. The van der Waals surface area contributed by atoms with Gasteiger partial charge in [-0.1, -0.05) is 152 Å². The van der Waals surface area contributed by atoms with Crippen molar-refractivity contribution in [2.45, 2.75) is 0 Å². The molecular weight excluding hydrogens is 610 g/mol. The third-order valence-electron chi connectivity index (χ3n) is 9.13. The summed E-state index contributed by atoms with van der Waals surface area (Å²) < 4.78 is 17.7. The van der Waals surface area contributed by atoms with E-state index in [9.17, 15) is 0 Å². The summed E-state index contributed by atoms with van der Waals surface area (Å²) in [7, 11) is -3.11. The highest BCUT2D eigenvalue weighted by Gasteiger charge is 2.29. The van der Waals surface area contributed by atoms with E-state index in [-0.39, 0.29) is 0 Å². The van der Waals surface area contributed by atoms with Gasteiger partial charge in [0.1, 0.15) is 0 Å². The normalized spacial score (nSPS) is 11.9. The zero-order valence-corrected chi connectivity index (χ0v) is 27.1. The van der Waals surface area contributed by atoms with E-state index in [0.717, 1.165) is 54.6 Å². The van der Waals surface area contributed by atoms with E-state index in [2.05, 4.69) is 91.0 Å². The van der Waals surface area contributed by atoms with Crippen molar-refractivity contribution in [3.8, 4) is 22.4 Å². The second kappa shape index (κ2) is 11.2. The quantitative estimate of drug-likeness (QED) is 0.139. The van der Waals surface area contributed by atoms with Crippen LogP contribution in [0.2, 0.25) is 0 Å². The number of nitrogens with zero attached hydrogens (tertiary/aromatic N) is 1. The maximum absolute atomic E-state index is 15.1. The number of fused-ring (bicyclic) bond motifs is 7. The van der Waals surface area contributed by atoms with Gasteiger partial charge in [-0.2, -0.15) is 0 Å². The molecule has 0 fully saturated rings. The molecule has 2 nitrogen and oxygen atoms in total. The van der Waals surface area contributed by atoms with E-state index >= 15 is 4.57 Å². The van der Waals surface area contributed by atoms with E-state index in [4.69, 9.17) is 4.98 Å². The number of aromatic nitrogens is 1. The number of rotatable bonds is 5. The lowest BCUT2D eigenvalue weighted by Crippen LogP contribution is -2.25. The zero-order chi connectivity index (χ0) is 31.4. The Morgan fingerprint density at radius 1 is 0.447 bits per heavy atom. The molecule has 7 aromatic carbocycles. The summed E-state index contributed by atoms with van der Waals surface area (Å²) >= 11 is 1.85. The largest absolute Gasteiger partial charge is 0.309 e. The first-order chi connectivity index (χ1) is 23.2. The monoisotopic (exact) mass is 637 g/mol. The van der Waals surface area contributed by atoms with Crippen molar-refractivity contribution in [1.29, 1.82) is 0 Å². The summed E-state index contributed by atoms with van der Waals surface area (Å²) in [5, 5.41) is 8.57. The van der Waals surface area contributed by atoms with Crippen LogP contribution in [0.3, 0.4) is 0 Å². The second-order valence-corrected chi connectivity index (χ2v) is 15.7. The zero-order valence-electron chi connectivity index (χ0n) is 25.4. The molecule has 9 rings (SSSR count). The standard InChI is InChI=1S/C43H28NOPS/c45-46(32-16-6-2-7-17-32,33-18-8-3-9-19-33)34-20-12-15-30(27-34)31-23-24-37-39(28-31)44-42(29-13-4-1-5-14-29)38-26-25-36-35-21-10-11-22-40(35)47-43(36)41(37)38/h1-28H. The van der Waals surface area contributed by atoms with E-state index in [1.54, 1.807) is 0 Å². The summed E-state index contributed by atoms with van der Waals surface area (Å²) in [6, 6.07) is 58.2. The Bertz CT molecular complexity index is 2600. The Hall–Kier alpha value is -5.34. The van der Waals surface area contributed by atoms with Crippen molar-refractivity contribution in [3.63, 3.8) is 0 Å². The first kappa shape index (κ1) is 27.9. The number of hydrogen-bond donors (Lipinski definition) is 0. The fourth-order valence-corrected chi connectivity index (χ4v) is 10.8. The Labute approximate surface area is 277 Å². The van der Waals surface area contributed by atoms with E-state index in [1.165, 1.54) is 25.6 Å². The molecule has 222 valence electrons. The number of pyridine rings is 1. The third-order valence-corrected chi connectivity index (χ3v) is 13.4. The Morgan fingerprint density at radius 3 is 1.77 bits per heavy atom. The molecule has 4 heteroatoms. The Morgan fingerprint density at radius 2 is 1.02 bits per heavy atom. The van der Waals surface area contributed by atoms with Crippen molar-refractivity contribution in [3.05, 3.63) is 170 Å². The van der Waals surface area contributed by atoms with Crippen molar-refractivity contribution in [1.82, 2.24) is 4.98 Å². The van der Waals surface area contributed by atoms with Crippen LogP contribution in [0.25, 0.3) is 64.2 Å². The van der Waals surface area contributed by atoms with Crippen LogP contribution < -0.4 is 15.9 Å². The van der Waals surface area contributed by atoms with Gasteiger partial charge in [0.25, 0.3) is 0 Å². The fraction of sp³-hybridized carbons (Fsp3) is 0. The molecule has 0 unspecified atom stereocenters. The SMILES string of the molecule is O=P(c1ccccc1)(c1ccccc1)c1cccc(-c2ccc3c(c2)nc(-c2ccccc2)c2ccc4c5ccccc5sc4c23)c1. The minimum Gasteiger partial charge on any atom is -0.309 e. The van der Waals surface area contributed by atoms with Gasteiger partial charge in [-0.15, -0.1) is 11.3 Å². The van der Waals surface area contributed by atoms with Crippen LogP contribution in [0.4, 0.5) is 0 Å². The first-order valence-electron chi connectivity index (χ1n) is 15.7. The van der Waals surface area contributed by atoms with Crippen molar-refractivity contribution < 1.29 is 4.57 Å². The molecule has 0 aliphatic carbocycles. The molecule has 0 amide bonds. The molecule has 0 radical (unpaired) electrons. The molecule has 0 spiro atoms. The predicted molar refractivity (Wildman–Crippen MR) is 202 cm³/mol. The van der Waals surface area contributed by atoms with Crippen LogP contribution in [0.1, 0.15) is 0 Å². The summed E-state index contributed by atoms with van der Waals surface area (Å²) in [6.45, 7) is 0. The van der Waals surface area contributed by atoms with Crippen LogP contribution in [0.5, 0.6) is 0 Å². The average Bonchev–Trinajstić information content (AvgIpc) is 3.54. The molecule has 9 aromatic rings. The molecule has 0 N–H and O–H groups in total. The minimum atomic E-state index is -3.11. The van der Waals surface area contributed by atoms with Gasteiger partial charge in [-0.05, 0) is 29.3 Å². The average molecular weight is 638 g/mol. The smallest absolute Gasteiger partial charge is 0.171 e. The molecule has 47 heavy (non-hydrogen) atoms. The molecule has 0 saturated carbocycles. The molecule has 0 aliphatic rings. The van der Waals surface area contributed by atoms with Gasteiger partial charge >= 0.3 is 0 Å². The minimum absolute atomic E-state index is 0.816. The van der Waals surface area contributed by atoms with Gasteiger partial charge in [-0.3, -0.25) is 0 Å². The van der Waals surface area contributed by atoms with E-state index in [0.29, 0.717) is 0 Å².